The smallest absolute Gasteiger partial charge is 0.330 e. The number of rotatable bonds is 25. The van der Waals surface area contributed by atoms with Crippen molar-refractivity contribution in [1.82, 2.24) is 37.9 Å². The van der Waals surface area contributed by atoms with Crippen LogP contribution in [0, 0.1) is 0 Å². The molecule has 0 radical (unpaired) electrons. The zero-order valence-electron chi connectivity index (χ0n) is 38.7. The summed E-state index contributed by atoms with van der Waals surface area (Å²) < 4.78 is 96.8. The van der Waals surface area contributed by atoms with Gasteiger partial charge in [0.15, 0.2) is 0 Å². The van der Waals surface area contributed by atoms with Crippen LogP contribution >= 0.6 is 22.6 Å². The van der Waals surface area contributed by atoms with Crippen LogP contribution in [0.2, 0.25) is 0 Å². The number of Topliss-reactive ketones (excluding diaryl/α,β-unsaturated/α-hetero) is 1. The van der Waals surface area contributed by atoms with Gasteiger partial charge < -0.3 is 14.5 Å². The van der Waals surface area contributed by atoms with Crippen molar-refractivity contribution in [3.05, 3.63) is 24.3 Å². The Bertz CT molecular complexity index is 2680. The molecule has 5 rings (SSSR count). The van der Waals surface area contributed by atoms with Crippen LogP contribution in [-0.4, -0.2) is 216 Å². The standard InChI is InChI=1S/C13H15N3O9S.C12H17IN2O8S.C12H13N3O9S/c17-9-2-3-10(18)15(9)7-1-6-14(26(22,23)24)8-13(21)25-16-11(19)4-5-12(16)20;13-8-9(16)2-1-6-14(24(20,21)22)7-5-12(19)23-15-10(17)3-4-11(15)18;16-8-1-2-9(17)14(8)6-5-13(25(21,22)23)7-12(20)24-15-10(18)3-4-11(15)19/h2-3H,1,4-8H2,(H,22,23,24);1-8H2,(H,20,21,22);1-2H,3-7H2,(H,21,22,23). The SMILES string of the molecule is O=C(CI)CCCN(CCC(=O)ON1C(=O)CCC1=O)S(=O)(=O)O.O=C(CN(CCCN1C(=O)C=CC1=O)S(=O)(=O)O)ON1C(=O)CCC1=O.O=C(CN(CCN1C(=O)C=CC1=O)S(=O)(=O)O)ON1C(=O)CCC1=O. The molecule has 5 heterocycles. The number of ketones is 1. The first-order chi connectivity index (χ1) is 34.8. The second-order valence-corrected chi connectivity index (χ2v) is 20.3. The summed E-state index contributed by atoms with van der Waals surface area (Å²) in [6.07, 6.45) is 3.29. The summed E-state index contributed by atoms with van der Waals surface area (Å²) in [5, 5.41) is 0.832. The normalized spacial score (nSPS) is 17.0. The van der Waals surface area contributed by atoms with E-state index in [2.05, 4.69) is 14.5 Å². The van der Waals surface area contributed by atoms with E-state index in [0.717, 1.165) is 29.2 Å². The number of carbonyl (C=O) groups excluding carboxylic acids is 14. The number of hydrogen-bond acceptors (Lipinski definition) is 23. The highest BCUT2D eigenvalue weighted by Gasteiger charge is 2.37. The van der Waals surface area contributed by atoms with Crippen LogP contribution in [0.5, 0.6) is 0 Å². The van der Waals surface area contributed by atoms with Crippen molar-refractivity contribution in [1.29, 1.82) is 0 Å². The maximum atomic E-state index is 11.8. The zero-order chi connectivity index (χ0) is 56.6. The van der Waals surface area contributed by atoms with E-state index in [0.29, 0.717) is 23.0 Å². The first kappa shape index (κ1) is 62.9. The van der Waals surface area contributed by atoms with E-state index in [1.807, 2.05) is 22.6 Å². The molecule has 10 amide bonds. The van der Waals surface area contributed by atoms with Crippen LogP contribution in [0.4, 0.5) is 0 Å². The van der Waals surface area contributed by atoms with Crippen molar-refractivity contribution in [2.45, 2.75) is 64.2 Å². The van der Waals surface area contributed by atoms with E-state index in [4.69, 9.17) is 9.11 Å². The van der Waals surface area contributed by atoms with E-state index in [1.165, 1.54) is 0 Å². The van der Waals surface area contributed by atoms with Crippen LogP contribution in [0.15, 0.2) is 24.3 Å². The van der Waals surface area contributed by atoms with Gasteiger partial charge in [0.05, 0.1) is 10.8 Å². The molecule has 414 valence electrons. The molecule has 0 aromatic rings. The highest BCUT2D eigenvalue weighted by molar-refractivity contribution is 14.1. The van der Waals surface area contributed by atoms with Gasteiger partial charge in [-0.15, -0.1) is 15.2 Å². The Hall–Kier alpha value is -6.40. The average molecular weight is 1240 g/mol. The van der Waals surface area contributed by atoms with Crippen molar-refractivity contribution in [2.75, 3.05) is 56.8 Å². The van der Waals surface area contributed by atoms with Crippen molar-refractivity contribution in [3.8, 4) is 0 Å². The molecule has 0 aromatic carbocycles. The molecule has 0 atom stereocenters. The number of carbonyl (C=O) groups is 14. The third kappa shape index (κ3) is 20.0. The van der Waals surface area contributed by atoms with Crippen molar-refractivity contribution < 1.29 is 121 Å². The lowest BCUT2D eigenvalue weighted by molar-refractivity contribution is -0.197. The van der Waals surface area contributed by atoms with Gasteiger partial charge in [-0.25, -0.2) is 14.4 Å². The van der Waals surface area contributed by atoms with E-state index in [1.54, 1.807) is 0 Å². The summed E-state index contributed by atoms with van der Waals surface area (Å²) in [6, 6.07) is 0. The average Bonchev–Trinajstić information content (AvgIpc) is 4.10. The summed E-state index contributed by atoms with van der Waals surface area (Å²) in [5.74, 6) is -10.3. The van der Waals surface area contributed by atoms with Crippen LogP contribution in [-0.2, 0) is 113 Å². The largest absolute Gasteiger partial charge is 0.348 e. The molecule has 0 unspecified atom stereocenters. The highest BCUT2D eigenvalue weighted by atomic mass is 127. The lowest BCUT2D eigenvalue weighted by Crippen LogP contribution is -2.44. The third-order valence-electron chi connectivity index (χ3n) is 9.93. The number of nitrogens with zero attached hydrogens (tertiary/aromatic N) is 8. The second-order valence-electron chi connectivity index (χ2n) is 15.3. The van der Waals surface area contributed by atoms with E-state index in [9.17, 15) is 96.9 Å². The van der Waals surface area contributed by atoms with Crippen LogP contribution in [0.3, 0.4) is 0 Å². The van der Waals surface area contributed by atoms with Gasteiger partial charge in [-0.05, 0) is 12.8 Å². The van der Waals surface area contributed by atoms with E-state index < -0.39 is 154 Å². The Morgan fingerprint density at radius 1 is 0.453 bits per heavy atom. The summed E-state index contributed by atoms with van der Waals surface area (Å²) in [7, 11) is -14.2. The Balaban J connectivity index is 0.000000297. The molecule has 75 heavy (non-hydrogen) atoms. The van der Waals surface area contributed by atoms with E-state index in [-0.39, 0.29) is 91.1 Å². The van der Waals surface area contributed by atoms with Gasteiger partial charge in [-0.1, -0.05) is 22.6 Å². The third-order valence-corrected chi connectivity index (χ3v) is 13.7. The van der Waals surface area contributed by atoms with Gasteiger partial charge in [-0.3, -0.25) is 76.2 Å². The molecule has 5 aliphatic rings. The molecular weight excluding hydrogens is 1200 g/mol. The molecule has 3 saturated heterocycles. The number of halogens is 1. The van der Waals surface area contributed by atoms with Crippen molar-refractivity contribution in [3.63, 3.8) is 0 Å². The maximum absolute atomic E-state index is 11.8. The number of amides is 10. The van der Waals surface area contributed by atoms with Gasteiger partial charge in [-0.2, -0.15) is 38.2 Å². The fourth-order valence-electron chi connectivity index (χ4n) is 6.22. The summed E-state index contributed by atoms with van der Waals surface area (Å²) in [6.45, 7) is -4.08. The van der Waals surface area contributed by atoms with Gasteiger partial charge in [0, 0.05) is 109 Å². The van der Waals surface area contributed by atoms with Gasteiger partial charge in [0.2, 0.25) is 0 Å². The monoisotopic (exact) mass is 1240 g/mol. The Morgan fingerprint density at radius 2 is 0.773 bits per heavy atom. The summed E-state index contributed by atoms with van der Waals surface area (Å²) >= 11 is 1.89. The van der Waals surface area contributed by atoms with Gasteiger partial charge in [0.1, 0.15) is 18.9 Å². The second kappa shape index (κ2) is 27.9. The molecular formula is C37H45IN8O26S3. The van der Waals surface area contributed by atoms with Crippen LogP contribution in [0.25, 0.3) is 0 Å². The molecule has 0 spiro atoms. The minimum Gasteiger partial charge on any atom is -0.330 e. The highest BCUT2D eigenvalue weighted by Crippen LogP contribution is 2.16. The molecule has 0 aromatic heterocycles. The quantitative estimate of drug-likeness (QED) is 0.0336. The predicted octanol–water partition coefficient (Wildman–Crippen LogP) is -4.49. The lowest BCUT2D eigenvalue weighted by Gasteiger charge is -2.21. The molecule has 5 aliphatic heterocycles. The maximum Gasteiger partial charge on any atom is 0.348 e. The minimum atomic E-state index is -4.87. The predicted molar refractivity (Wildman–Crippen MR) is 245 cm³/mol. The molecule has 0 saturated carbocycles. The Morgan fingerprint density at radius 3 is 1.12 bits per heavy atom. The van der Waals surface area contributed by atoms with Crippen LogP contribution in [0.1, 0.15) is 64.2 Å². The van der Waals surface area contributed by atoms with Gasteiger partial charge >= 0.3 is 48.8 Å². The molecule has 38 heteroatoms. The molecule has 0 aliphatic carbocycles. The minimum absolute atomic E-state index is 0.0475. The zero-order valence-corrected chi connectivity index (χ0v) is 43.3. The fourth-order valence-corrected chi connectivity index (χ4v) is 8.49. The number of alkyl halides is 1. The molecule has 3 fully saturated rings. The van der Waals surface area contributed by atoms with Crippen molar-refractivity contribution in [2.24, 2.45) is 0 Å². The topological polar surface area (TPSA) is 456 Å². The van der Waals surface area contributed by atoms with Crippen LogP contribution < -0.4 is 0 Å². The number of imide groups is 5. The Labute approximate surface area is 438 Å². The number of hydroxylamine groups is 6. The van der Waals surface area contributed by atoms with Gasteiger partial charge in [0.25, 0.3) is 59.1 Å². The first-order valence-corrected chi connectivity index (χ1v) is 27.1. The summed E-state index contributed by atoms with van der Waals surface area (Å²) in [5.41, 5.74) is 0. The first-order valence-electron chi connectivity index (χ1n) is 21.4. The van der Waals surface area contributed by atoms with Crippen molar-refractivity contribution >= 4 is 136 Å². The molecule has 0 bridgehead atoms. The van der Waals surface area contributed by atoms with E-state index >= 15 is 0 Å². The lowest BCUT2D eigenvalue weighted by atomic mass is 10.2. The molecule has 34 nitrogen and oxygen atoms in total. The molecule has 3 N–H and O–H groups in total. The Kier molecular flexibility index (Phi) is 23.4. The number of hydrogen-bond donors (Lipinski definition) is 3. The summed E-state index contributed by atoms with van der Waals surface area (Å²) in [4.78, 5) is 175. The fraction of sp³-hybridized carbons (Fsp3) is 0.514.